The molecule has 0 radical (unpaired) electrons. The highest BCUT2D eigenvalue weighted by Gasteiger charge is 2.25. The van der Waals surface area contributed by atoms with Gasteiger partial charge in [0.05, 0.1) is 39.9 Å². The average molecular weight is 938 g/mol. The number of hydrogen-bond donors (Lipinski definition) is 0. The Morgan fingerprint density at radius 3 is 1.66 bits per heavy atom. The molecule has 0 bridgehead atoms. The smallest absolute Gasteiger partial charge is 0.145 e. The van der Waals surface area contributed by atoms with Gasteiger partial charge in [0.1, 0.15) is 28.1 Å². The Morgan fingerprint density at radius 2 is 0.904 bits per heavy atom. The molecule has 6 nitrogen and oxygen atoms in total. The summed E-state index contributed by atoms with van der Waals surface area (Å²) < 4.78 is 24.5. The van der Waals surface area contributed by atoms with Crippen molar-refractivity contribution in [1.82, 2.24) is 9.13 Å². The summed E-state index contributed by atoms with van der Waals surface area (Å²) in [6, 6.07) is 86.2. The Balaban J connectivity index is 0.942. The van der Waals surface area contributed by atoms with Crippen molar-refractivity contribution in [2.75, 3.05) is 12.0 Å². The summed E-state index contributed by atoms with van der Waals surface area (Å²) >= 11 is 0. The number of furan rings is 2. The first-order chi connectivity index (χ1) is 36.2. The maximum absolute atomic E-state index is 7.43. The van der Waals surface area contributed by atoms with Gasteiger partial charge in [0, 0.05) is 71.9 Å². The van der Waals surface area contributed by atoms with Crippen LogP contribution in [0.4, 0.5) is 17.1 Å². The van der Waals surface area contributed by atoms with Gasteiger partial charge in [-0.3, -0.25) is 0 Å². The first kappa shape index (κ1) is 41.0. The van der Waals surface area contributed by atoms with Crippen LogP contribution in [0.2, 0.25) is 0 Å². The second-order valence-electron chi connectivity index (χ2n) is 18.7. The van der Waals surface area contributed by atoms with Crippen molar-refractivity contribution in [1.29, 1.82) is 0 Å². The molecule has 4 aromatic heterocycles. The minimum Gasteiger partial charge on any atom is -0.496 e. The van der Waals surface area contributed by atoms with Gasteiger partial charge in [-0.05, 0) is 120 Å². The van der Waals surface area contributed by atoms with Gasteiger partial charge >= 0.3 is 0 Å². The molecule has 0 aliphatic rings. The Morgan fingerprint density at radius 1 is 0.342 bits per heavy atom. The van der Waals surface area contributed by atoms with Crippen LogP contribution in [-0.2, 0) is 0 Å². The molecule has 0 unspecified atom stereocenters. The maximum atomic E-state index is 7.43. The monoisotopic (exact) mass is 937 g/mol. The van der Waals surface area contributed by atoms with Crippen LogP contribution >= 0.6 is 0 Å². The molecule has 0 N–H and O–H groups in total. The molecule has 0 saturated heterocycles. The number of hydrogen-bond acceptors (Lipinski definition) is 4. The van der Waals surface area contributed by atoms with Gasteiger partial charge in [0.25, 0.3) is 0 Å². The molecular weight excluding hydrogens is 895 g/mol. The fourth-order valence-corrected chi connectivity index (χ4v) is 11.6. The summed E-state index contributed by atoms with van der Waals surface area (Å²) in [5, 5.41) is 8.76. The molecule has 73 heavy (non-hydrogen) atoms. The first-order valence-corrected chi connectivity index (χ1v) is 24.7. The lowest BCUT2D eigenvalue weighted by atomic mass is 10.0. The number of ether oxygens (including phenoxy) is 1. The molecule has 0 aliphatic carbocycles. The van der Waals surface area contributed by atoms with E-state index in [0.29, 0.717) is 0 Å². The van der Waals surface area contributed by atoms with E-state index in [0.717, 1.165) is 144 Å². The Labute approximate surface area is 419 Å². The Kier molecular flexibility index (Phi) is 9.07. The van der Waals surface area contributed by atoms with Gasteiger partial charge in [-0.2, -0.15) is 0 Å². The van der Waals surface area contributed by atoms with Crippen LogP contribution < -0.4 is 9.64 Å². The zero-order chi connectivity index (χ0) is 48.1. The molecule has 15 rings (SSSR count). The summed E-state index contributed by atoms with van der Waals surface area (Å²) in [6.45, 7) is 0. The van der Waals surface area contributed by atoms with E-state index < -0.39 is 0 Å². The van der Waals surface area contributed by atoms with Crippen LogP contribution in [0.1, 0.15) is 0 Å². The summed E-state index contributed by atoms with van der Waals surface area (Å²) in [6.07, 6.45) is 0. The predicted octanol–water partition coefficient (Wildman–Crippen LogP) is 18.5. The lowest BCUT2D eigenvalue weighted by Crippen LogP contribution is -2.09. The van der Waals surface area contributed by atoms with E-state index >= 15 is 0 Å². The van der Waals surface area contributed by atoms with Gasteiger partial charge in [-0.15, -0.1) is 0 Å². The van der Waals surface area contributed by atoms with Crippen molar-refractivity contribution in [2.24, 2.45) is 0 Å². The predicted molar refractivity (Wildman–Crippen MR) is 302 cm³/mol. The number of para-hydroxylation sites is 5. The van der Waals surface area contributed by atoms with Crippen molar-refractivity contribution in [3.05, 3.63) is 243 Å². The number of methoxy groups -OCH3 is 1. The fourth-order valence-electron chi connectivity index (χ4n) is 11.6. The maximum Gasteiger partial charge on any atom is 0.145 e. The summed E-state index contributed by atoms with van der Waals surface area (Å²) in [4.78, 5) is 2.34. The van der Waals surface area contributed by atoms with Crippen molar-refractivity contribution in [3.63, 3.8) is 0 Å². The van der Waals surface area contributed by atoms with Crippen LogP contribution in [0, 0.1) is 0 Å². The highest BCUT2D eigenvalue weighted by atomic mass is 16.5. The quantitative estimate of drug-likeness (QED) is 0.152. The SMILES string of the molecule is COc1ccc(-n2c3ccccc3c3c4oc5c(ccc6c5c5cc(N(c7ccccc7)c7ccc(-c8cccc9c8oc8ccccc89)cc7)ccc5n6-c5ccccc5)c4ccc32)cc1-c1ccccc1. The topological polar surface area (TPSA) is 48.6 Å². The standard InChI is InChI=1S/C67H43N3O3/c1-71-61-39-33-48(40-55(61)42-16-5-2-6-17-42)70-57-26-13-11-23-54(57)63-59(70)37-34-52-53-35-38-60-64(67(53)73-66(52)63)56-41-47(32-36-58(56)69(60)45-20-9-4-10-21-45)68(44-18-7-3-8-19-44)46-30-28-43(29-31-46)49-24-15-25-51-50-22-12-14-27-62(50)72-65(49)51/h2-41H,1H3. The molecule has 15 aromatic rings. The number of nitrogens with zero attached hydrogens (tertiary/aromatic N) is 3. The van der Waals surface area contributed by atoms with E-state index in [1.165, 1.54) is 0 Å². The molecule has 11 aromatic carbocycles. The van der Waals surface area contributed by atoms with E-state index in [1.807, 2.05) is 18.2 Å². The lowest BCUT2D eigenvalue weighted by Gasteiger charge is -2.26. The van der Waals surface area contributed by atoms with Crippen LogP contribution in [0.3, 0.4) is 0 Å². The highest BCUT2D eigenvalue weighted by molar-refractivity contribution is 6.29. The zero-order valence-corrected chi connectivity index (χ0v) is 39.7. The van der Waals surface area contributed by atoms with Crippen LogP contribution in [0.5, 0.6) is 5.75 Å². The molecule has 0 amide bonds. The number of anilines is 3. The third-order valence-electron chi connectivity index (χ3n) is 14.8. The third-order valence-corrected chi connectivity index (χ3v) is 14.8. The second-order valence-corrected chi connectivity index (χ2v) is 18.7. The van der Waals surface area contributed by atoms with Gasteiger partial charge in [0.15, 0.2) is 0 Å². The number of benzene rings is 11. The van der Waals surface area contributed by atoms with Gasteiger partial charge in [0.2, 0.25) is 0 Å². The molecule has 4 heterocycles. The Hall–Kier alpha value is -9.78. The van der Waals surface area contributed by atoms with Crippen molar-refractivity contribution < 1.29 is 13.6 Å². The number of rotatable bonds is 8. The van der Waals surface area contributed by atoms with E-state index in [4.69, 9.17) is 13.6 Å². The van der Waals surface area contributed by atoms with E-state index in [-0.39, 0.29) is 0 Å². The molecule has 344 valence electrons. The van der Waals surface area contributed by atoms with Crippen molar-refractivity contribution in [3.8, 4) is 39.4 Å². The lowest BCUT2D eigenvalue weighted by molar-refractivity contribution is 0.416. The zero-order valence-electron chi connectivity index (χ0n) is 39.7. The molecule has 0 spiro atoms. The van der Waals surface area contributed by atoms with Crippen molar-refractivity contribution >= 4 is 105 Å². The largest absolute Gasteiger partial charge is 0.496 e. The van der Waals surface area contributed by atoms with E-state index in [2.05, 4.69) is 238 Å². The summed E-state index contributed by atoms with van der Waals surface area (Å²) in [5.74, 6) is 0.829. The molecule has 0 aliphatic heterocycles. The first-order valence-electron chi connectivity index (χ1n) is 24.7. The normalized spacial score (nSPS) is 11.9. The van der Waals surface area contributed by atoms with Gasteiger partial charge < -0.3 is 27.6 Å². The fraction of sp³-hybridized carbons (Fsp3) is 0.0149. The Bertz CT molecular complexity index is 4640. The molecule has 6 heteroatoms. The third kappa shape index (κ3) is 6.24. The second kappa shape index (κ2) is 16.1. The van der Waals surface area contributed by atoms with Crippen LogP contribution in [0.25, 0.3) is 121 Å². The average Bonchev–Trinajstić information content (AvgIpc) is 4.22. The van der Waals surface area contributed by atoms with Crippen LogP contribution in [-0.4, -0.2) is 16.2 Å². The highest BCUT2D eigenvalue weighted by Crippen LogP contribution is 2.47. The molecule has 0 saturated carbocycles. The minimum absolute atomic E-state index is 0.829. The number of aromatic nitrogens is 2. The van der Waals surface area contributed by atoms with E-state index in [1.54, 1.807) is 7.11 Å². The summed E-state index contributed by atoms with van der Waals surface area (Å²) in [7, 11) is 1.74. The van der Waals surface area contributed by atoms with E-state index in [9.17, 15) is 0 Å². The van der Waals surface area contributed by atoms with Gasteiger partial charge in [-0.1, -0.05) is 133 Å². The molecular formula is C67H43N3O3. The molecule has 0 atom stereocenters. The minimum atomic E-state index is 0.829. The summed E-state index contributed by atoms with van der Waals surface area (Å²) in [5.41, 5.74) is 17.4. The molecule has 0 fully saturated rings. The van der Waals surface area contributed by atoms with Gasteiger partial charge in [-0.25, -0.2) is 0 Å². The van der Waals surface area contributed by atoms with Crippen LogP contribution in [0.15, 0.2) is 251 Å². The number of fused-ring (bicyclic) bond motifs is 14. The van der Waals surface area contributed by atoms with Crippen molar-refractivity contribution in [2.45, 2.75) is 0 Å².